The van der Waals surface area contributed by atoms with Crippen LogP contribution in [0.2, 0.25) is 0 Å². The van der Waals surface area contributed by atoms with Crippen molar-refractivity contribution in [1.82, 2.24) is 5.32 Å². The number of nitrogens with one attached hydrogen (secondary N) is 1. The average Bonchev–Trinajstić information content (AvgIpc) is 2.36. The fraction of sp³-hybridized carbons (Fsp3) is 0.333. The number of ether oxygens (including phenoxy) is 1. The van der Waals surface area contributed by atoms with Crippen molar-refractivity contribution in [2.45, 2.75) is 12.5 Å². The van der Waals surface area contributed by atoms with Gasteiger partial charge in [0.2, 0.25) is 5.91 Å². The molecule has 1 aromatic carbocycles. The van der Waals surface area contributed by atoms with Gasteiger partial charge in [-0.1, -0.05) is 12.1 Å². The van der Waals surface area contributed by atoms with Gasteiger partial charge in [-0.25, -0.2) is 0 Å². The molecule has 90 valence electrons. The second-order valence-electron chi connectivity index (χ2n) is 3.43. The van der Waals surface area contributed by atoms with Gasteiger partial charge in [-0.05, 0) is 17.7 Å². The minimum atomic E-state index is -0.788. The van der Waals surface area contributed by atoms with Crippen LogP contribution in [0.3, 0.4) is 0 Å². The Morgan fingerprint density at radius 2 is 2.18 bits per heavy atom. The maximum absolute atomic E-state index is 11.0. The molecular formula is C12H14N2O3. The lowest BCUT2D eigenvalue weighted by molar-refractivity contribution is -0.120. The second-order valence-corrected chi connectivity index (χ2v) is 3.43. The maximum atomic E-state index is 11.0. The Morgan fingerprint density at radius 1 is 1.53 bits per heavy atom. The molecule has 1 unspecified atom stereocenters. The molecule has 0 aliphatic heterocycles. The summed E-state index contributed by atoms with van der Waals surface area (Å²) in [5, 5.41) is 20.5. The van der Waals surface area contributed by atoms with Crippen molar-refractivity contribution in [3.63, 3.8) is 0 Å². The van der Waals surface area contributed by atoms with E-state index in [4.69, 9.17) is 10.00 Å². The number of methoxy groups -OCH3 is 1. The normalized spacial score (nSPS) is 11.4. The summed E-state index contributed by atoms with van der Waals surface area (Å²) >= 11 is 0. The third-order valence-electron chi connectivity index (χ3n) is 2.23. The first-order valence-corrected chi connectivity index (χ1v) is 5.13. The predicted octanol–water partition coefficient (Wildman–Crippen LogP) is 0.758. The summed E-state index contributed by atoms with van der Waals surface area (Å²) in [5.41, 5.74) is 0.683. The van der Waals surface area contributed by atoms with Crippen molar-refractivity contribution in [3.8, 4) is 11.8 Å². The lowest BCUT2D eigenvalue weighted by Gasteiger charge is -2.12. The number of aliphatic hydroxyl groups excluding tert-OH is 1. The second kappa shape index (κ2) is 6.51. The van der Waals surface area contributed by atoms with Crippen molar-refractivity contribution in [1.29, 1.82) is 5.26 Å². The van der Waals surface area contributed by atoms with E-state index in [9.17, 15) is 9.90 Å². The SMILES string of the molecule is COc1ccc(C(O)CNC(=O)CC#N)cc1. The van der Waals surface area contributed by atoms with Crippen molar-refractivity contribution in [2.24, 2.45) is 0 Å². The standard InChI is InChI=1S/C12H14N2O3/c1-17-10-4-2-9(3-5-10)11(15)8-14-12(16)6-7-13/h2-5,11,15H,6,8H2,1H3,(H,14,16). The van der Waals surface area contributed by atoms with Gasteiger partial charge in [0.1, 0.15) is 12.2 Å². The molecule has 0 heterocycles. The topological polar surface area (TPSA) is 82.3 Å². The van der Waals surface area contributed by atoms with Gasteiger partial charge in [0.25, 0.3) is 0 Å². The molecule has 0 aromatic heterocycles. The molecule has 17 heavy (non-hydrogen) atoms. The fourth-order valence-electron chi connectivity index (χ4n) is 1.29. The first-order chi connectivity index (χ1) is 8.17. The highest BCUT2D eigenvalue weighted by atomic mass is 16.5. The van der Waals surface area contributed by atoms with E-state index < -0.39 is 6.10 Å². The van der Waals surface area contributed by atoms with E-state index in [0.717, 1.165) is 0 Å². The van der Waals surface area contributed by atoms with E-state index in [1.54, 1.807) is 37.4 Å². The highest BCUT2D eigenvalue weighted by Gasteiger charge is 2.09. The number of carbonyl (C=O) groups is 1. The van der Waals surface area contributed by atoms with E-state index in [1.165, 1.54) is 0 Å². The van der Waals surface area contributed by atoms with Crippen LogP contribution in [0.1, 0.15) is 18.1 Å². The first kappa shape index (κ1) is 13.0. The van der Waals surface area contributed by atoms with E-state index in [2.05, 4.69) is 5.32 Å². The molecule has 5 heteroatoms. The highest BCUT2D eigenvalue weighted by Crippen LogP contribution is 2.16. The van der Waals surface area contributed by atoms with Crippen LogP contribution >= 0.6 is 0 Å². The number of hydrogen-bond donors (Lipinski definition) is 2. The number of aliphatic hydroxyl groups is 1. The highest BCUT2D eigenvalue weighted by molar-refractivity contribution is 5.77. The number of nitrogens with zero attached hydrogens (tertiary/aromatic N) is 1. The van der Waals surface area contributed by atoms with Crippen LogP contribution in [0.15, 0.2) is 24.3 Å². The predicted molar refractivity (Wildman–Crippen MR) is 61.2 cm³/mol. The molecule has 0 fully saturated rings. The van der Waals surface area contributed by atoms with Gasteiger partial charge in [0.05, 0.1) is 19.3 Å². The molecule has 0 bridgehead atoms. The van der Waals surface area contributed by atoms with E-state index in [1.807, 2.05) is 0 Å². The Kier molecular flexibility index (Phi) is 4.98. The maximum Gasteiger partial charge on any atom is 0.234 e. The van der Waals surface area contributed by atoms with Gasteiger partial charge in [0.15, 0.2) is 0 Å². The van der Waals surface area contributed by atoms with Crippen molar-refractivity contribution in [2.75, 3.05) is 13.7 Å². The van der Waals surface area contributed by atoms with Crippen LogP contribution in [0.5, 0.6) is 5.75 Å². The van der Waals surface area contributed by atoms with Gasteiger partial charge in [-0.2, -0.15) is 5.26 Å². The van der Waals surface area contributed by atoms with E-state index in [0.29, 0.717) is 11.3 Å². The zero-order valence-electron chi connectivity index (χ0n) is 9.51. The van der Waals surface area contributed by atoms with Crippen molar-refractivity contribution < 1.29 is 14.6 Å². The van der Waals surface area contributed by atoms with Crippen LogP contribution in [-0.2, 0) is 4.79 Å². The molecule has 1 aromatic rings. The van der Waals surface area contributed by atoms with E-state index >= 15 is 0 Å². The summed E-state index contributed by atoms with van der Waals surface area (Å²) in [5.74, 6) is 0.314. The zero-order chi connectivity index (χ0) is 12.7. The minimum Gasteiger partial charge on any atom is -0.497 e. The fourth-order valence-corrected chi connectivity index (χ4v) is 1.29. The molecule has 0 saturated heterocycles. The molecule has 0 saturated carbocycles. The Morgan fingerprint density at radius 3 is 2.71 bits per heavy atom. The van der Waals surface area contributed by atoms with Gasteiger partial charge < -0.3 is 15.2 Å². The Balaban J connectivity index is 2.49. The van der Waals surface area contributed by atoms with Gasteiger partial charge in [-0.3, -0.25) is 4.79 Å². The molecule has 1 amide bonds. The third kappa shape index (κ3) is 4.13. The monoisotopic (exact) mass is 234 g/mol. The molecule has 0 aliphatic carbocycles. The Hall–Kier alpha value is -2.06. The molecule has 1 rings (SSSR count). The molecule has 1 atom stereocenters. The van der Waals surface area contributed by atoms with Crippen LogP contribution in [0.4, 0.5) is 0 Å². The van der Waals surface area contributed by atoms with Gasteiger partial charge in [-0.15, -0.1) is 0 Å². The summed E-state index contributed by atoms with van der Waals surface area (Å²) in [4.78, 5) is 11.0. The molecular weight excluding hydrogens is 220 g/mol. The number of nitriles is 1. The lowest BCUT2D eigenvalue weighted by atomic mass is 10.1. The number of carbonyl (C=O) groups excluding carboxylic acids is 1. The minimum absolute atomic E-state index is 0.0901. The van der Waals surface area contributed by atoms with E-state index in [-0.39, 0.29) is 18.9 Å². The van der Waals surface area contributed by atoms with Crippen molar-refractivity contribution >= 4 is 5.91 Å². The van der Waals surface area contributed by atoms with Crippen LogP contribution in [0, 0.1) is 11.3 Å². The summed E-state index contributed by atoms with van der Waals surface area (Å²) in [6, 6.07) is 8.64. The largest absolute Gasteiger partial charge is 0.497 e. The molecule has 2 N–H and O–H groups in total. The quantitative estimate of drug-likeness (QED) is 0.788. The molecule has 0 radical (unpaired) electrons. The number of hydrogen-bond acceptors (Lipinski definition) is 4. The summed E-state index contributed by atoms with van der Waals surface area (Å²) in [6.07, 6.45) is -0.987. The van der Waals surface area contributed by atoms with Crippen LogP contribution in [-0.4, -0.2) is 24.7 Å². The van der Waals surface area contributed by atoms with Crippen molar-refractivity contribution in [3.05, 3.63) is 29.8 Å². The number of rotatable bonds is 5. The van der Waals surface area contributed by atoms with Gasteiger partial charge >= 0.3 is 0 Å². The zero-order valence-corrected chi connectivity index (χ0v) is 9.51. The Labute approximate surface area is 99.6 Å². The Bertz CT molecular complexity index is 409. The average molecular weight is 234 g/mol. The molecule has 0 spiro atoms. The summed E-state index contributed by atoms with van der Waals surface area (Å²) in [6.45, 7) is 0.0901. The van der Waals surface area contributed by atoms with Gasteiger partial charge in [0, 0.05) is 6.54 Å². The van der Waals surface area contributed by atoms with Crippen LogP contribution < -0.4 is 10.1 Å². The third-order valence-corrected chi connectivity index (χ3v) is 2.23. The smallest absolute Gasteiger partial charge is 0.234 e. The number of amides is 1. The molecule has 5 nitrogen and oxygen atoms in total. The first-order valence-electron chi connectivity index (χ1n) is 5.13. The lowest BCUT2D eigenvalue weighted by Crippen LogP contribution is -2.27. The summed E-state index contributed by atoms with van der Waals surface area (Å²) < 4.78 is 4.99. The van der Waals surface area contributed by atoms with Crippen LogP contribution in [0.25, 0.3) is 0 Å². The summed E-state index contributed by atoms with van der Waals surface area (Å²) in [7, 11) is 1.56. The molecule has 0 aliphatic rings. The number of benzene rings is 1.